The SMILES string of the molecule is COC(=O)CCn1cc(C)c(=O)n(CCC(=O)OC)c1=O. The Labute approximate surface area is 120 Å². The molecule has 0 aliphatic rings. The molecular formula is C13H18N2O6. The molecule has 0 aliphatic heterocycles. The largest absolute Gasteiger partial charge is 0.469 e. The van der Waals surface area contributed by atoms with Gasteiger partial charge < -0.3 is 9.47 Å². The molecule has 0 fully saturated rings. The Kier molecular flexibility index (Phi) is 5.89. The molecule has 0 saturated heterocycles. The van der Waals surface area contributed by atoms with E-state index in [1.165, 1.54) is 25.0 Å². The lowest BCUT2D eigenvalue weighted by atomic mass is 10.3. The summed E-state index contributed by atoms with van der Waals surface area (Å²) in [6.07, 6.45) is 1.33. The minimum atomic E-state index is -0.571. The van der Waals surface area contributed by atoms with Gasteiger partial charge in [-0.15, -0.1) is 0 Å². The number of esters is 2. The maximum Gasteiger partial charge on any atom is 0.331 e. The quantitative estimate of drug-likeness (QED) is 0.653. The number of methoxy groups -OCH3 is 2. The highest BCUT2D eigenvalue weighted by Gasteiger charge is 2.12. The number of aromatic nitrogens is 2. The van der Waals surface area contributed by atoms with Crippen molar-refractivity contribution < 1.29 is 19.1 Å². The molecule has 0 saturated carbocycles. The second kappa shape index (κ2) is 7.41. The van der Waals surface area contributed by atoms with Crippen LogP contribution in [0.5, 0.6) is 0 Å². The zero-order valence-electron chi connectivity index (χ0n) is 12.2. The first kappa shape index (κ1) is 16.7. The van der Waals surface area contributed by atoms with Crippen LogP contribution in [0.2, 0.25) is 0 Å². The van der Waals surface area contributed by atoms with E-state index in [0.29, 0.717) is 5.56 Å². The van der Waals surface area contributed by atoms with Gasteiger partial charge in [-0.2, -0.15) is 0 Å². The topological polar surface area (TPSA) is 96.6 Å². The van der Waals surface area contributed by atoms with E-state index in [4.69, 9.17) is 0 Å². The van der Waals surface area contributed by atoms with Crippen LogP contribution in [0.1, 0.15) is 18.4 Å². The molecule has 0 aliphatic carbocycles. The third kappa shape index (κ3) is 4.30. The number of carbonyl (C=O) groups excluding carboxylic acids is 2. The van der Waals surface area contributed by atoms with Gasteiger partial charge in [0.2, 0.25) is 0 Å². The van der Waals surface area contributed by atoms with Crippen LogP contribution < -0.4 is 11.2 Å². The van der Waals surface area contributed by atoms with E-state index >= 15 is 0 Å². The van der Waals surface area contributed by atoms with Gasteiger partial charge in [0.1, 0.15) is 0 Å². The summed E-state index contributed by atoms with van der Waals surface area (Å²) < 4.78 is 11.2. The lowest BCUT2D eigenvalue weighted by Crippen LogP contribution is -2.41. The maximum absolute atomic E-state index is 12.2. The molecule has 1 aromatic rings. The average molecular weight is 298 g/mol. The molecule has 1 aromatic heterocycles. The van der Waals surface area contributed by atoms with Crippen molar-refractivity contribution in [3.63, 3.8) is 0 Å². The van der Waals surface area contributed by atoms with Gasteiger partial charge in [-0.3, -0.25) is 23.5 Å². The monoisotopic (exact) mass is 298 g/mol. The zero-order valence-corrected chi connectivity index (χ0v) is 12.2. The lowest BCUT2D eigenvalue weighted by Gasteiger charge is -2.10. The number of rotatable bonds is 6. The second-order valence-electron chi connectivity index (χ2n) is 4.40. The van der Waals surface area contributed by atoms with Gasteiger partial charge in [0.15, 0.2) is 0 Å². The summed E-state index contributed by atoms with van der Waals surface area (Å²) in [6, 6.07) is 0. The molecule has 0 radical (unpaired) electrons. The van der Waals surface area contributed by atoms with Crippen molar-refractivity contribution in [2.24, 2.45) is 0 Å². The van der Waals surface area contributed by atoms with Crippen molar-refractivity contribution >= 4 is 11.9 Å². The van der Waals surface area contributed by atoms with Gasteiger partial charge in [-0.1, -0.05) is 0 Å². The van der Waals surface area contributed by atoms with Crippen LogP contribution >= 0.6 is 0 Å². The van der Waals surface area contributed by atoms with E-state index in [-0.39, 0.29) is 25.9 Å². The maximum atomic E-state index is 12.2. The van der Waals surface area contributed by atoms with E-state index in [2.05, 4.69) is 9.47 Å². The van der Waals surface area contributed by atoms with Crippen molar-refractivity contribution in [1.29, 1.82) is 0 Å². The highest BCUT2D eigenvalue weighted by Crippen LogP contribution is 1.94. The van der Waals surface area contributed by atoms with Crippen molar-refractivity contribution in [2.45, 2.75) is 32.9 Å². The van der Waals surface area contributed by atoms with E-state index in [1.54, 1.807) is 6.92 Å². The zero-order chi connectivity index (χ0) is 16.0. The number of aryl methyl sites for hydroxylation is 2. The van der Waals surface area contributed by atoms with Gasteiger partial charge >= 0.3 is 17.6 Å². The van der Waals surface area contributed by atoms with Crippen LogP contribution in [-0.4, -0.2) is 35.3 Å². The molecule has 0 N–H and O–H groups in total. The summed E-state index contributed by atoms with van der Waals surface area (Å²) in [5.74, 6) is -0.962. The lowest BCUT2D eigenvalue weighted by molar-refractivity contribution is -0.141. The smallest absolute Gasteiger partial charge is 0.331 e. The van der Waals surface area contributed by atoms with Crippen molar-refractivity contribution in [2.75, 3.05) is 14.2 Å². The Morgan fingerprint density at radius 3 is 2.10 bits per heavy atom. The van der Waals surface area contributed by atoms with Gasteiger partial charge in [0.05, 0.1) is 27.1 Å². The molecule has 0 bridgehead atoms. The van der Waals surface area contributed by atoms with Gasteiger partial charge in [-0.25, -0.2) is 4.79 Å². The molecule has 1 rings (SSSR count). The Morgan fingerprint density at radius 1 is 1.05 bits per heavy atom. The molecule has 0 amide bonds. The summed E-state index contributed by atoms with van der Waals surface area (Å²) in [5.41, 5.74) is -0.680. The Balaban J connectivity index is 3.04. The number of hydrogen-bond acceptors (Lipinski definition) is 6. The average Bonchev–Trinajstić information content (AvgIpc) is 2.48. The number of hydrogen-bond donors (Lipinski definition) is 0. The predicted octanol–water partition coefficient (Wildman–Crippen LogP) is -0.555. The summed E-state index contributed by atoms with van der Waals surface area (Å²) >= 11 is 0. The van der Waals surface area contributed by atoms with Crippen LogP contribution in [0.3, 0.4) is 0 Å². The molecule has 0 atom stereocenters. The fourth-order valence-electron chi connectivity index (χ4n) is 1.78. The molecule has 116 valence electrons. The molecule has 0 aromatic carbocycles. The van der Waals surface area contributed by atoms with E-state index < -0.39 is 23.2 Å². The Hall–Kier alpha value is -2.38. The van der Waals surface area contributed by atoms with Gasteiger partial charge in [0, 0.05) is 24.8 Å². The van der Waals surface area contributed by atoms with Crippen LogP contribution in [0.25, 0.3) is 0 Å². The highest BCUT2D eigenvalue weighted by atomic mass is 16.5. The van der Waals surface area contributed by atoms with Crippen LogP contribution in [0, 0.1) is 6.92 Å². The normalized spacial score (nSPS) is 10.2. The predicted molar refractivity (Wildman–Crippen MR) is 73.0 cm³/mol. The standard InChI is InChI=1S/C13H18N2O6/c1-9-8-14(6-4-10(16)20-2)13(19)15(12(9)18)7-5-11(17)21-3/h8H,4-7H2,1-3H3. The second-order valence-corrected chi connectivity index (χ2v) is 4.40. The molecule has 21 heavy (non-hydrogen) atoms. The molecule has 8 heteroatoms. The van der Waals surface area contributed by atoms with E-state index in [9.17, 15) is 19.2 Å². The van der Waals surface area contributed by atoms with Gasteiger partial charge in [0.25, 0.3) is 5.56 Å². The first-order chi connectivity index (χ1) is 9.90. The van der Waals surface area contributed by atoms with E-state index in [1.807, 2.05) is 0 Å². The van der Waals surface area contributed by atoms with Crippen LogP contribution in [0.4, 0.5) is 0 Å². The fraction of sp³-hybridized carbons (Fsp3) is 0.538. The third-order valence-electron chi connectivity index (χ3n) is 2.96. The Morgan fingerprint density at radius 2 is 1.57 bits per heavy atom. The molecule has 8 nitrogen and oxygen atoms in total. The first-order valence-corrected chi connectivity index (χ1v) is 6.35. The summed E-state index contributed by atoms with van der Waals surface area (Å²) in [7, 11) is 2.49. The van der Waals surface area contributed by atoms with Gasteiger partial charge in [-0.05, 0) is 6.92 Å². The minimum Gasteiger partial charge on any atom is -0.469 e. The molecule has 1 heterocycles. The third-order valence-corrected chi connectivity index (χ3v) is 2.96. The summed E-state index contributed by atoms with van der Waals surface area (Å²) in [4.78, 5) is 46.4. The number of nitrogens with zero attached hydrogens (tertiary/aromatic N) is 2. The first-order valence-electron chi connectivity index (χ1n) is 6.35. The number of carbonyl (C=O) groups is 2. The summed E-state index contributed by atoms with van der Waals surface area (Å²) in [6.45, 7) is 1.60. The highest BCUT2D eigenvalue weighted by molar-refractivity contribution is 5.69. The van der Waals surface area contributed by atoms with Crippen molar-refractivity contribution in [3.8, 4) is 0 Å². The fourth-order valence-corrected chi connectivity index (χ4v) is 1.78. The molecule has 0 unspecified atom stereocenters. The molecular weight excluding hydrogens is 280 g/mol. The minimum absolute atomic E-state index is 0.0189. The molecule has 0 spiro atoms. The summed E-state index contributed by atoms with van der Waals surface area (Å²) in [5, 5.41) is 0. The van der Waals surface area contributed by atoms with Crippen molar-refractivity contribution in [1.82, 2.24) is 9.13 Å². The van der Waals surface area contributed by atoms with Crippen LogP contribution in [-0.2, 0) is 32.2 Å². The van der Waals surface area contributed by atoms with E-state index in [0.717, 1.165) is 4.57 Å². The number of ether oxygens (including phenoxy) is 2. The Bertz CT molecular complexity index is 643. The van der Waals surface area contributed by atoms with Crippen LogP contribution in [0.15, 0.2) is 15.8 Å². The van der Waals surface area contributed by atoms with Crippen molar-refractivity contribution in [3.05, 3.63) is 32.6 Å².